The molecule has 2 aromatic carbocycles. The second-order valence-electron chi connectivity index (χ2n) is 6.37. The molecule has 0 heterocycles. The molecular weight excluding hydrogens is 388 g/mol. The average molecular weight is 416 g/mol. The zero-order valence-electron chi connectivity index (χ0n) is 17.6. The Kier molecular flexibility index (Phi) is 9.67. The highest BCUT2D eigenvalue weighted by molar-refractivity contribution is 5.95. The number of rotatable bonds is 12. The third-order valence-electron chi connectivity index (χ3n) is 4.16. The lowest BCUT2D eigenvalue weighted by molar-refractivity contribution is -0.161. The van der Waals surface area contributed by atoms with Gasteiger partial charge in [-0.2, -0.15) is 0 Å². The van der Waals surface area contributed by atoms with Crippen molar-refractivity contribution in [3.63, 3.8) is 0 Å². The van der Waals surface area contributed by atoms with Crippen LogP contribution in [-0.2, 0) is 36.8 Å². The van der Waals surface area contributed by atoms with Crippen LogP contribution in [0.1, 0.15) is 25.0 Å². The maximum absolute atomic E-state index is 12.3. The zero-order valence-corrected chi connectivity index (χ0v) is 17.6. The van der Waals surface area contributed by atoms with Crippen molar-refractivity contribution in [1.29, 1.82) is 0 Å². The highest BCUT2D eigenvalue weighted by Gasteiger charge is 2.30. The Balaban J connectivity index is 2.22. The van der Waals surface area contributed by atoms with Crippen molar-refractivity contribution < 1.29 is 33.3 Å². The van der Waals surface area contributed by atoms with Crippen LogP contribution in [0.25, 0.3) is 0 Å². The molecule has 2 aromatic rings. The molecule has 0 aromatic heterocycles. The summed E-state index contributed by atoms with van der Waals surface area (Å²) in [6, 6.07) is 14.9. The van der Waals surface area contributed by atoms with Crippen molar-refractivity contribution >= 4 is 11.9 Å². The maximum atomic E-state index is 12.3. The summed E-state index contributed by atoms with van der Waals surface area (Å²) in [6.45, 7) is 4.16. The summed E-state index contributed by atoms with van der Waals surface area (Å²) >= 11 is 0. The molecule has 7 heteroatoms. The topological polar surface area (TPSA) is 80.3 Å². The van der Waals surface area contributed by atoms with Crippen LogP contribution in [0.2, 0.25) is 0 Å². The first kappa shape index (κ1) is 23.2. The normalized spacial score (nSPS) is 10.5. The predicted molar refractivity (Wildman–Crippen MR) is 110 cm³/mol. The minimum Gasteiger partial charge on any atom is -0.485 e. The standard InChI is InChI=1S/C23H28O7/c1-4-27-22(24)19(23(25)28-5-2)13-18-11-12-20(30-16-26-3)21(14-18)29-15-17-9-7-6-8-10-17/h6-12,14,19H,4-5,13,15-16H2,1-3H3. The van der Waals surface area contributed by atoms with Gasteiger partial charge in [0.05, 0.1) is 13.2 Å². The van der Waals surface area contributed by atoms with Gasteiger partial charge in [0.1, 0.15) is 6.61 Å². The monoisotopic (exact) mass is 416 g/mol. The number of ether oxygens (including phenoxy) is 5. The Labute approximate surface area is 176 Å². The Morgan fingerprint density at radius 1 is 0.833 bits per heavy atom. The summed E-state index contributed by atoms with van der Waals surface area (Å²) in [4.78, 5) is 24.5. The molecule has 0 N–H and O–H groups in total. The van der Waals surface area contributed by atoms with Crippen LogP contribution in [0.4, 0.5) is 0 Å². The van der Waals surface area contributed by atoms with E-state index in [4.69, 9.17) is 23.7 Å². The number of hydrogen-bond donors (Lipinski definition) is 0. The summed E-state index contributed by atoms with van der Waals surface area (Å²) < 4.78 is 26.6. The van der Waals surface area contributed by atoms with Gasteiger partial charge in [-0.1, -0.05) is 36.4 Å². The van der Waals surface area contributed by atoms with Crippen LogP contribution < -0.4 is 9.47 Å². The molecule has 0 fully saturated rings. The Morgan fingerprint density at radius 2 is 1.50 bits per heavy atom. The highest BCUT2D eigenvalue weighted by atomic mass is 16.7. The second-order valence-corrected chi connectivity index (χ2v) is 6.37. The van der Waals surface area contributed by atoms with Gasteiger partial charge in [0.2, 0.25) is 0 Å². The van der Waals surface area contributed by atoms with Crippen LogP contribution in [0, 0.1) is 5.92 Å². The van der Waals surface area contributed by atoms with Crippen LogP contribution in [0.5, 0.6) is 11.5 Å². The Hall–Kier alpha value is -3.06. The largest absolute Gasteiger partial charge is 0.485 e. The van der Waals surface area contributed by atoms with Gasteiger partial charge in [-0.3, -0.25) is 9.59 Å². The lowest BCUT2D eigenvalue weighted by atomic mass is 9.99. The number of carbonyl (C=O) groups is 2. The predicted octanol–water partition coefficient (Wildman–Crippen LogP) is 3.53. The van der Waals surface area contributed by atoms with Gasteiger partial charge in [-0.05, 0) is 43.5 Å². The van der Waals surface area contributed by atoms with E-state index < -0.39 is 17.9 Å². The number of benzene rings is 2. The van der Waals surface area contributed by atoms with E-state index in [-0.39, 0.29) is 26.4 Å². The van der Waals surface area contributed by atoms with E-state index >= 15 is 0 Å². The van der Waals surface area contributed by atoms with E-state index in [0.717, 1.165) is 5.56 Å². The minimum absolute atomic E-state index is 0.0648. The Bertz CT molecular complexity index is 786. The van der Waals surface area contributed by atoms with Gasteiger partial charge >= 0.3 is 11.9 Å². The molecular formula is C23H28O7. The summed E-state index contributed by atoms with van der Waals surface area (Å²) in [6.07, 6.45) is 0.129. The average Bonchev–Trinajstić information content (AvgIpc) is 2.76. The molecule has 0 saturated carbocycles. The Morgan fingerprint density at radius 3 is 2.10 bits per heavy atom. The molecule has 0 aliphatic heterocycles. The lowest BCUT2D eigenvalue weighted by Gasteiger charge is -2.17. The fourth-order valence-corrected chi connectivity index (χ4v) is 2.75. The van der Waals surface area contributed by atoms with E-state index in [1.165, 1.54) is 7.11 Å². The smallest absolute Gasteiger partial charge is 0.320 e. The molecule has 0 radical (unpaired) electrons. The fraction of sp³-hybridized carbons (Fsp3) is 0.391. The summed E-state index contributed by atoms with van der Waals surface area (Å²) in [5.41, 5.74) is 1.71. The van der Waals surface area contributed by atoms with E-state index in [9.17, 15) is 9.59 Å². The van der Waals surface area contributed by atoms with Crippen molar-refractivity contribution in [2.24, 2.45) is 5.92 Å². The van der Waals surface area contributed by atoms with Crippen LogP contribution in [0.3, 0.4) is 0 Å². The molecule has 30 heavy (non-hydrogen) atoms. The van der Waals surface area contributed by atoms with E-state index in [1.807, 2.05) is 30.3 Å². The van der Waals surface area contributed by atoms with Crippen LogP contribution >= 0.6 is 0 Å². The SMILES string of the molecule is CCOC(=O)C(Cc1ccc(OCOC)c(OCc2ccccc2)c1)C(=O)OCC. The minimum atomic E-state index is -1.04. The van der Waals surface area contributed by atoms with Crippen LogP contribution in [-0.4, -0.2) is 39.1 Å². The number of methoxy groups -OCH3 is 1. The van der Waals surface area contributed by atoms with E-state index in [0.29, 0.717) is 23.7 Å². The molecule has 7 nitrogen and oxygen atoms in total. The van der Waals surface area contributed by atoms with Gasteiger partial charge in [-0.15, -0.1) is 0 Å². The molecule has 0 spiro atoms. The van der Waals surface area contributed by atoms with Crippen molar-refractivity contribution in [1.82, 2.24) is 0 Å². The lowest BCUT2D eigenvalue weighted by Crippen LogP contribution is -2.30. The quantitative estimate of drug-likeness (QED) is 0.297. The van der Waals surface area contributed by atoms with E-state index in [2.05, 4.69) is 0 Å². The first-order chi connectivity index (χ1) is 14.6. The second kappa shape index (κ2) is 12.5. The molecule has 0 saturated heterocycles. The fourth-order valence-electron chi connectivity index (χ4n) is 2.75. The van der Waals surface area contributed by atoms with Gasteiger partial charge in [0.15, 0.2) is 24.2 Å². The number of esters is 2. The molecule has 2 rings (SSSR count). The molecule has 162 valence electrons. The zero-order chi connectivity index (χ0) is 21.8. The molecule has 0 aliphatic rings. The van der Waals surface area contributed by atoms with Crippen LogP contribution in [0.15, 0.2) is 48.5 Å². The van der Waals surface area contributed by atoms with Gasteiger partial charge in [0, 0.05) is 7.11 Å². The van der Waals surface area contributed by atoms with Crippen molar-refractivity contribution in [3.05, 3.63) is 59.7 Å². The molecule has 0 unspecified atom stereocenters. The highest BCUT2D eigenvalue weighted by Crippen LogP contribution is 2.30. The third-order valence-corrected chi connectivity index (χ3v) is 4.16. The molecule has 0 amide bonds. The summed E-state index contributed by atoms with van der Waals surface area (Å²) in [5.74, 6) is -1.28. The van der Waals surface area contributed by atoms with Gasteiger partial charge in [0.25, 0.3) is 0 Å². The maximum Gasteiger partial charge on any atom is 0.320 e. The first-order valence-corrected chi connectivity index (χ1v) is 9.83. The van der Waals surface area contributed by atoms with Crippen molar-refractivity contribution in [2.75, 3.05) is 27.1 Å². The molecule has 0 atom stereocenters. The van der Waals surface area contributed by atoms with E-state index in [1.54, 1.807) is 32.0 Å². The molecule has 0 bridgehead atoms. The van der Waals surface area contributed by atoms with Crippen molar-refractivity contribution in [2.45, 2.75) is 26.9 Å². The number of hydrogen-bond acceptors (Lipinski definition) is 7. The summed E-state index contributed by atoms with van der Waals surface area (Å²) in [5, 5.41) is 0. The third kappa shape index (κ3) is 7.08. The van der Waals surface area contributed by atoms with Gasteiger partial charge in [-0.25, -0.2) is 0 Å². The summed E-state index contributed by atoms with van der Waals surface area (Å²) in [7, 11) is 1.53. The van der Waals surface area contributed by atoms with Gasteiger partial charge < -0.3 is 23.7 Å². The number of carbonyl (C=O) groups excluding carboxylic acids is 2. The first-order valence-electron chi connectivity index (χ1n) is 9.83. The van der Waals surface area contributed by atoms with Crippen molar-refractivity contribution in [3.8, 4) is 11.5 Å². The molecule has 0 aliphatic carbocycles.